The summed E-state index contributed by atoms with van der Waals surface area (Å²) in [6, 6.07) is 1.69. The SMILES string of the molecule is CC(C)N1CC2CCCC(C1)C2NC1CCCCCC1O. The van der Waals surface area contributed by atoms with Gasteiger partial charge in [-0.25, -0.2) is 0 Å². The number of likely N-dealkylation sites (tertiary alicyclic amines) is 1. The zero-order valence-corrected chi connectivity index (χ0v) is 13.9. The number of nitrogens with one attached hydrogen (secondary N) is 1. The standard InChI is InChI=1S/C18H34N2O/c1-13(2)20-11-14-7-6-8-15(12-20)18(14)19-16-9-4-3-5-10-17(16)21/h13-19,21H,3-12H2,1-2H3. The van der Waals surface area contributed by atoms with E-state index >= 15 is 0 Å². The number of hydrogen-bond donors (Lipinski definition) is 2. The molecule has 4 atom stereocenters. The first kappa shape index (κ1) is 15.8. The highest BCUT2D eigenvalue weighted by Crippen LogP contribution is 2.36. The zero-order chi connectivity index (χ0) is 14.8. The van der Waals surface area contributed by atoms with Gasteiger partial charge in [-0.3, -0.25) is 0 Å². The lowest BCUT2D eigenvalue weighted by molar-refractivity contribution is 0.0119. The smallest absolute Gasteiger partial charge is 0.0693 e. The van der Waals surface area contributed by atoms with Crippen molar-refractivity contribution >= 4 is 0 Å². The van der Waals surface area contributed by atoms with E-state index in [0.29, 0.717) is 18.1 Å². The van der Waals surface area contributed by atoms with E-state index in [2.05, 4.69) is 24.1 Å². The van der Waals surface area contributed by atoms with Crippen LogP contribution in [0.3, 0.4) is 0 Å². The van der Waals surface area contributed by atoms with Gasteiger partial charge in [0.1, 0.15) is 0 Å². The van der Waals surface area contributed by atoms with E-state index < -0.39 is 0 Å². The van der Waals surface area contributed by atoms with Gasteiger partial charge in [-0.1, -0.05) is 25.7 Å². The largest absolute Gasteiger partial charge is 0.392 e. The van der Waals surface area contributed by atoms with Crippen molar-refractivity contribution in [2.45, 2.75) is 89.4 Å². The average molecular weight is 294 g/mol. The number of piperidine rings is 1. The van der Waals surface area contributed by atoms with Crippen LogP contribution in [0.2, 0.25) is 0 Å². The number of aliphatic hydroxyl groups is 1. The van der Waals surface area contributed by atoms with Crippen molar-refractivity contribution in [3.8, 4) is 0 Å². The van der Waals surface area contributed by atoms with Crippen molar-refractivity contribution < 1.29 is 5.11 Å². The maximum absolute atomic E-state index is 10.4. The highest BCUT2D eigenvalue weighted by Gasteiger charge is 2.41. The summed E-state index contributed by atoms with van der Waals surface area (Å²) in [5.41, 5.74) is 0. The molecule has 0 aromatic heterocycles. The van der Waals surface area contributed by atoms with Crippen LogP contribution in [0.25, 0.3) is 0 Å². The molecule has 3 nitrogen and oxygen atoms in total. The van der Waals surface area contributed by atoms with Crippen molar-refractivity contribution in [2.75, 3.05) is 13.1 Å². The molecule has 4 unspecified atom stereocenters. The van der Waals surface area contributed by atoms with Crippen molar-refractivity contribution in [2.24, 2.45) is 11.8 Å². The summed E-state index contributed by atoms with van der Waals surface area (Å²) in [6.45, 7) is 7.18. The normalized spacial score (nSPS) is 42.0. The molecule has 0 spiro atoms. The third kappa shape index (κ3) is 3.62. The zero-order valence-electron chi connectivity index (χ0n) is 13.9. The highest BCUT2D eigenvalue weighted by molar-refractivity contribution is 4.97. The van der Waals surface area contributed by atoms with Gasteiger partial charge in [-0.15, -0.1) is 0 Å². The number of rotatable bonds is 3. The summed E-state index contributed by atoms with van der Waals surface area (Å²) in [5, 5.41) is 14.3. The lowest BCUT2D eigenvalue weighted by Crippen LogP contribution is -2.61. The van der Waals surface area contributed by atoms with Gasteiger partial charge in [-0.05, 0) is 51.4 Å². The second-order valence-electron chi connectivity index (χ2n) is 8.00. The molecule has 2 bridgehead atoms. The van der Waals surface area contributed by atoms with Crippen LogP contribution in [0.15, 0.2) is 0 Å². The van der Waals surface area contributed by atoms with Crippen LogP contribution in [-0.2, 0) is 0 Å². The van der Waals surface area contributed by atoms with Gasteiger partial charge in [0.05, 0.1) is 6.10 Å². The summed E-state index contributed by atoms with van der Waals surface area (Å²) in [6.07, 6.45) is 10.0. The van der Waals surface area contributed by atoms with Crippen LogP contribution >= 0.6 is 0 Å². The Balaban J connectivity index is 1.64. The minimum Gasteiger partial charge on any atom is -0.392 e. The minimum atomic E-state index is -0.114. The maximum atomic E-state index is 10.4. The van der Waals surface area contributed by atoms with Crippen LogP contribution in [0.5, 0.6) is 0 Å². The molecule has 2 saturated carbocycles. The van der Waals surface area contributed by atoms with E-state index in [0.717, 1.165) is 18.3 Å². The van der Waals surface area contributed by atoms with E-state index in [1.54, 1.807) is 0 Å². The maximum Gasteiger partial charge on any atom is 0.0693 e. The Hall–Kier alpha value is -0.120. The molecule has 0 aromatic rings. The Morgan fingerprint density at radius 3 is 2.24 bits per heavy atom. The van der Waals surface area contributed by atoms with Crippen LogP contribution in [0.1, 0.15) is 65.2 Å². The van der Waals surface area contributed by atoms with Crippen molar-refractivity contribution in [1.82, 2.24) is 10.2 Å². The Kier molecular flexibility index (Phi) is 5.23. The van der Waals surface area contributed by atoms with E-state index in [9.17, 15) is 5.11 Å². The van der Waals surface area contributed by atoms with Gasteiger partial charge in [0.2, 0.25) is 0 Å². The van der Waals surface area contributed by atoms with Crippen LogP contribution in [0, 0.1) is 11.8 Å². The Morgan fingerprint density at radius 2 is 1.57 bits per heavy atom. The summed E-state index contributed by atoms with van der Waals surface area (Å²) in [7, 11) is 0. The van der Waals surface area contributed by atoms with Gasteiger partial charge in [0.15, 0.2) is 0 Å². The number of aliphatic hydroxyl groups excluding tert-OH is 1. The molecule has 1 heterocycles. The molecule has 3 aliphatic rings. The van der Waals surface area contributed by atoms with E-state index in [4.69, 9.17) is 0 Å². The van der Waals surface area contributed by atoms with E-state index in [-0.39, 0.29) is 6.10 Å². The Bertz CT molecular complexity index is 319. The lowest BCUT2D eigenvalue weighted by Gasteiger charge is -2.50. The summed E-state index contributed by atoms with van der Waals surface area (Å²) in [4.78, 5) is 2.68. The average Bonchev–Trinajstić information content (AvgIpc) is 2.63. The van der Waals surface area contributed by atoms with Crippen molar-refractivity contribution in [1.29, 1.82) is 0 Å². The second-order valence-corrected chi connectivity index (χ2v) is 8.00. The Morgan fingerprint density at radius 1 is 0.905 bits per heavy atom. The van der Waals surface area contributed by atoms with Crippen LogP contribution in [0.4, 0.5) is 0 Å². The predicted molar refractivity (Wildman–Crippen MR) is 87.3 cm³/mol. The highest BCUT2D eigenvalue weighted by atomic mass is 16.3. The molecule has 2 aliphatic carbocycles. The summed E-state index contributed by atoms with van der Waals surface area (Å²) >= 11 is 0. The fraction of sp³-hybridized carbons (Fsp3) is 1.00. The van der Waals surface area contributed by atoms with Crippen LogP contribution < -0.4 is 5.32 Å². The third-order valence-electron chi connectivity index (χ3n) is 6.22. The molecule has 3 fully saturated rings. The van der Waals surface area contributed by atoms with Crippen molar-refractivity contribution in [3.63, 3.8) is 0 Å². The van der Waals surface area contributed by atoms with E-state index in [1.165, 1.54) is 58.0 Å². The first-order valence-electron chi connectivity index (χ1n) is 9.33. The number of fused-ring (bicyclic) bond motifs is 2. The van der Waals surface area contributed by atoms with Gasteiger partial charge in [-0.2, -0.15) is 0 Å². The molecule has 1 saturated heterocycles. The molecule has 122 valence electrons. The lowest BCUT2D eigenvalue weighted by atomic mass is 9.72. The first-order chi connectivity index (χ1) is 10.1. The summed E-state index contributed by atoms with van der Waals surface area (Å²) < 4.78 is 0. The molecule has 1 aliphatic heterocycles. The molecule has 2 N–H and O–H groups in total. The number of nitrogens with zero attached hydrogens (tertiary/aromatic N) is 1. The van der Waals surface area contributed by atoms with Gasteiger partial charge in [0, 0.05) is 31.2 Å². The van der Waals surface area contributed by atoms with Crippen molar-refractivity contribution in [3.05, 3.63) is 0 Å². The molecular formula is C18H34N2O. The van der Waals surface area contributed by atoms with Crippen LogP contribution in [-0.4, -0.2) is 47.3 Å². The molecule has 0 amide bonds. The second kappa shape index (κ2) is 6.97. The minimum absolute atomic E-state index is 0.114. The quantitative estimate of drug-likeness (QED) is 0.786. The number of hydrogen-bond acceptors (Lipinski definition) is 3. The fourth-order valence-electron chi connectivity index (χ4n) is 4.90. The van der Waals surface area contributed by atoms with E-state index in [1.807, 2.05) is 0 Å². The van der Waals surface area contributed by atoms with Gasteiger partial charge < -0.3 is 15.3 Å². The monoisotopic (exact) mass is 294 g/mol. The fourth-order valence-corrected chi connectivity index (χ4v) is 4.90. The van der Waals surface area contributed by atoms with Gasteiger partial charge >= 0.3 is 0 Å². The first-order valence-corrected chi connectivity index (χ1v) is 9.33. The van der Waals surface area contributed by atoms with Gasteiger partial charge in [0.25, 0.3) is 0 Å². The predicted octanol–water partition coefficient (Wildman–Crippen LogP) is 2.78. The molecule has 3 heteroatoms. The molecule has 21 heavy (non-hydrogen) atoms. The molecule has 0 radical (unpaired) electrons. The summed E-state index contributed by atoms with van der Waals surface area (Å²) in [5.74, 6) is 1.60. The molecule has 3 rings (SSSR count). The third-order valence-corrected chi connectivity index (χ3v) is 6.22. The topological polar surface area (TPSA) is 35.5 Å². The molecular weight excluding hydrogens is 260 g/mol. The Labute approximate surface area is 130 Å². The molecule has 0 aromatic carbocycles.